The number of hydrogen-bond donors (Lipinski definition) is 3. The van der Waals surface area contributed by atoms with Gasteiger partial charge in [-0.25, -0.2) is 9.78 Å². The number of amides is 2. The molecular formula is C10H9ClN4O6. The summed E-state index contributed by atoms with van der Waals surface area (Å²) in [4.78, 5) is 46.9. The van der Waals surface area contributed by atoms with Crippen LogP contribution in [0.1, 0.15) is 16.8 Å². The lowest BCUT2D eigenvalue weighted by atomic mass is 10.1. The number of carboxylic acid groups (broad SMARTS) is 1. The average molecular weight is 317 g/mol. The lowest BCUT2D eigenvalue weighted by molar-refractivity contribution is -0.385. The smallest absolute Gasteiger partial charge is 0.326 e. The van der Waals surface area contributed by atoms with Crippen molar-refractivity contribution in [3.63, 3.8) is 0 Å². The number of carbonyl (C=O) groups excluding carboxylic acids is 2. The van der Waals surface area contributed by atoms with E-state index in [0.29, 0.717) is 0 Å². The normalized spacial score (nSPS) is 11.5. The van der Waals surface area contributed by atoms with Crippen molar-refractivity contribution < 1.29 is 24.4 Å². The highest BCUT2D eigenvalue weighted by Crippen LogP contribution is 2.20. The monoisotopic (exact) mass is 316 g/mol. The van der Waals surface area contributed by atoms with E-state index in [0.717, 1.165) is 12.3 Å². The van der Waals surface area contributed by atoms with Gasteiger partial charge in [-0.1, -0.05) is 11.6 Å². The van der Waals surface area contributed by atoms with Gasteiger partial charge in [-0.2, -0.15) is 0 Å². The van der Waals surface area contributed by atoms with Crippen LogP contribution < -0.4 is 11.1 Å². The van der Waals surface area contributed by atoms with Crippen molar-refractivity contribution in [2.45, 2.75) is 12.5 Å². The zero-order valence-electron chi connectivity index (χ0n) is 10.3. The minimum atomic E-state index is -1.61. The first-order chi connectivity index (χ1) is 9.72. The van der Waals surface area contributed by atoms with Crippen molar-refractivity contribution in [3.05, 3.63) is 33.1 Å². The van der Waals surface area contributed by atoms with Gasteiger partial charge in [0.2, 0.25) is 5.91 Å². The fourth-order valence-electron chi connectivity index (χ4n) is 1.39. The third kappa shape index (κ3) is 4.38. The minimum Gasteiger partial charge on any atom is -0.480 e. The number of aliphatic carboxylic acids is 1. The number of primary amides is 1. The number of nitrogens with zero attached hydrogens (tertiary/aromatic N) is 2. The zero-order valence-corrected chi connectivity index (χ0v) is 11.0. The van der Waals surface area contributed by atoms with Gasteiger partial charge in [0.15, 0.2) is 0 Å². The largest absolute Gasteiger partial charge is 0.480 e. The van der Waals surface area contributed by atoms with Gasteiger partial charge >= 0.3 is 5.97 Å². The maximum atomic E-state index is 11.9. The summed E-state index contributed by atoms with van der Waals surface area (Å²) in [6.07, 6.45) is 0.106. The first kappa shape index (κ1) is 16.3. The topological polar surface area (TPSA) is 166 Å². The molecule has 11 heteroatoms. The van der Waals surface area contributed by atoms with Crippen LogP contribution in [-0.2, 0) is 9.59 Å². The highest BCUT2D eigenvalue weighted by Gasteiger charge is 2.27. The molecule has 1 rings (SSSR count). The Balaban J connectivity index is 3.07. The number of aromatic nitrogens is 1. The molecule has 1 heterocycles. The van der Waals surface area contributed by atoms with Gasteiger partial charge in [-0.15, -0.1) is 0 Å². The molecule has 0 saturated heterocycles. The molecule has 0 radical (unpaired) electrons. The number of carbonyl (C=O) groups is 3. The lowest BCUT2D eigenvalue weighted by Gasteiger charge is -2.12. The number of nitrogens with two attached hydrogens (primary N) is 1. The quantitative estimate of drug-likeness (QED) is 0.368. The third-order valence-corrected chi connectivity index (χ3v) is 2.51. The Morgan fingerprint density at radius 1 is 1.52 bits per heavy atom. The van der Waals surface area contributed by atoms with E-state index in [4.69, 9.17) is 22.4 Å². The summed E-state index contributed by atoms with van der Waals surface area (Å²) in [5, 5.41) is 21.4. The average Bonchev–Trinajstić information content (AvgIpc) is 2.36. The Hall–Kier alpha value is -2.75. The minimum absolute atomic E-state index is 0.187. The third-order valence-electron chi connectivity index (χ3n) is 2.30. The highest BCUT2D eigenvalue weighted by atomic mass is 35.5. The molecule has 1 aromatic heterocycles. The summed E-state index contributed by atoms with van der Waals surface area (Å²) in [5.74, 6) is -3.55. The molecule has 0 aliphatic rings. The molecule has 0 aliphatic carbocycles. The number of pyridine rings is 1. The predicted molar refractivity (Wildman–Crippen MR) is 68.6 cm³/mol. The molecule has 4 N–H and O–H groups in total. The molecule has 21 heavy (non-hydrogen) atoms. The number of halogens is 1. The molecular weight excluding hydrogens is 308 g/mol. The maximum Gasteiger partial charge on any atom is 0.326 e. The van der Waals surface area contributed by atoms with Gasteiger partial charge in [-0.05, 0) is 6.07 Å². The highest BCUT2D eigenvalue weighted by molar-refractivity contribution is 6.29. The molecule has 0 fully saturated rings. The number of nitrogens with one attached hydrogen (secondary N) is 1. The standard InChI is InChI=1S/C10H9ClN4O6/c11-7-1-4(6(3-13-7)15(20)21)9(17)14-5(10(18)19)2-8(12)16/h1,3,5H,2H2,(H2,12,16)(H,14,17)(H,18,19). The van der Waals surface area contributed by atoms with E-state index in [1.807, 2.05) is 5.32 Å². The van der Waals surface area contributed by atoms with E-state index in [1.54, 1.807) is 0 Å². The molecule has 10 nitrogen and oxygen atoms in total. The van der Waals surface area contributed by atoms with Gasteiger partial charge in [0, 0.05) is 0 Å². The van der Waals surface area contributed by atoms with Crippen molar-refractivity contribution >= 4 is 35.1 Å². The number of carboxylic acids is 1. The van der Waals surface area contributed by atoms with Crippen molar-refractivity contribution in [1.82, 2.24) is 10.3 Å². The van der Waals surface area contributed by atoms with E-state index >= 15 is 0 Å². The Bertz CT molecular complexity index is 620. The molecule has 112 valence electrons. The molecule has 1 aromatic rings. The van der Waals surface area contributed by atoms with Gasteiger partial charge < -0.3 is 16.2 Å². The van der Waals surface area contributed by atoms with Gasteiger partial charge in [0.05, 0.1) is 11.3 Å². The van der Waals surface area contributed by atoms with Crippen LogP contribution in [0.4, 0.5) is 5.69 Å². The summed E-state index contributed by atoms with van der Waals surface area (Å²) in [7, 11) is 0. The van der Waals surface area contributed by atoms with Crippen molar-refractivity contribution in [2.24, 2.45) is 5.73 Å². The summed E-state index contributed by atoms with van der Waals surface area (Å²) < 4.78 is 0. The predicted octanol–water partition coefficient (Wildman–Crippen LogP) is -0.298. The van der Waals surface area contributed by atoms with Gasteiger partial charge in [-0.3, -0.25) is 19.7 Å². The van der Waals surface area contributed by atoms with E-state index in [-0.39, 0.29) is 5.15 Å². The van der Waals surface area contributed by atoms with Crippen molar-refractivity contribution in [3.8, 4) is 0 Å². The zero-order chi connectivity index (χ0) is 16.2. The van der Waals surface area contributed by atoms with Crippen LogP contribution >= 0.6 is 11.6 Å². The van der Waals surface area contributed by atoms with Crippen LogP contribution in [-0.4, -0.2) is 38.8 Å². The summed E-state index contributed by atoms with van der Waals surface area (Å²) >= 11 is 5.54. The fraction of sp³-hybridized carbons (Fsp3) is 0.200. The van der Waals surface area contributed by atoms with Gasteiger partial charge in [0.25, 0.3) is 11.6 Å². The second-order valence-electron chi connectivity index (χ2n) is 3.82. The van der Waals surface area contributed by atoms with Crippen LogP contribution in [0.5, 0.6) is 0 Å². The number of rotatable bonds is 6. The molecule has 0 spiro atoms. The van der Waals surface area contributed by atoms with E-state index in [2.05, 4.69) is 4.98 Å². The second kappa shape index (κ2) is 6.61. The SMILES string of the molecule is NC(=O)CC(NC(=O)c1cc(Cl)ncc1[N+](=O)[O-])C(=O)O. The lowest BCUT2D eigenvalue weighted by Crippen LogP contribution is -2.43. The molecule has 0 bridgehead atoms. The Morgan fingerprint density at radius 3 is 2.62 bits per heavy atom. The first-order valence-electron chi connectivity index (χ1n) is 5.34. The van der Waals surface area contributed by atoms with Crippen molar-refractivity contribution in [2.75, 3.05) is 0 Å². The Kier molecular flexibility index (Phi) is 5.13. The first-order valence-corrected chi connectivity index (χ1v) is 5.72. The van der Waals surface area contributed by atoms with Crippen LogP contribution in [0, 0.1) is 10.1 Å². The van der Waals surface area contributed by atoms with Crippen LogP contribution in [0.3, 0.4) is 0 Å². The van der Waals surface area contributed by atoms with E-state index in [1.165, 1.54) is 0 Å². The van der Waals surface area contributed by atoms with Crippen LogP contribution in [0.25, 0.3) is 0 Å². The van der Waals surface area contributed by atoms with Crippen LogP contribution in [0.15, 0.2) is 12.3 Å². The van der Waals surface area contributed by atoms with E-state index < -0.39 is 46.4 Å². The molecule has 2 amide bonds. The number of hydrogen-bond acceptors (Lipinski definition) is 6. The van der Waals surface area contributed by atoms with E-state index in [9.17, 15) is 24.5 Å². The number of nitro groups is 1. The summed E-state index contributed by atoms with van der Waals surface area (Å²) in [6, 6.07) is -0.695. The summed E-state index contributed by atoms with van der Waals surface area (Å²) in [5.41, 5.74) is 3.73. The summed E-state index contributed by atoms with van der Waals surface area (Å²) in [6.45, 7) is 0. The Morgan fingerprint density at radius 2 is 2.14 bits per heavy atom. The van der Waals surface area contributed by atoms with Crippen LogP contribution in [0.2, 0.25) is 5.15 Å². The Labute approximate surface area is 122 Å². The fourth-order valence-corrected chi connectivity index (χ4v) is 1.55. The molecule has 1 unspecified atom stereocenters. The maximum absolute atomic E-state index is 11.9. The molecule has 0 saturated carbocycles. The molecule has 1 atom stereocenters. The second-order valence-corrected chi connectivity index (χ2v) is 4.20. The molecule has 0 aromatic carbocycles. The van der Waals surface area contributed by atoms with Crippen molar-refractivity contribution in [1.29, 1.82) is 0 Å². The molecule has 0 aliphatic heterocycles. The van der Waals surface area contributed by atoms with Gasteiger partial charge in [0.1, 0.15) is 23.0 Å².